The third kappa shape index (κ3) is 1.69. The molecule has 4 heteroatoms. The number of rotatable bonds is 3. The molecule has 1 rings (SSSR count). The average molecular weight is 194 g/mol. The fourth-order valence-corrected chi connectivity index (χ4v) is 1.09. The molecule has 0 spiro atoms. The SMILES string of the molecule is C=CC(C=O)c1cc(O)c(O)c(O)c1. The van der Waals surface area contributed by atoms with Crippen LogP contribution in [-0.4, -0.2) is 21.6 Å². The lowest BCUT2D eigenvalue weighted by Gasteiger charge is -2.08. The van der Waals surface area contributed by atoms with Crippen LogP contribution in [-0.2, 0) is 4.79 Å². The van der Waals surface area contributed by atoms with Gasteiger partial charge < -0.3 is 20.1 Å². The van der Waals surface area contributed by atoms with Crippen LogP contribution in [0.5, 0.6) is 17.2 Å². The van der Waals surface area contributed by atoms with Crippen molar-refractivity contribution in [2.75, 3.05) is 0 Å². The number of benzene rings is 1. The molecule has 1 unspecified atom stereocenters. The Hall–Kier alpha value is -1.97. The molecular weight excluding hydrogens is 184 g/mol. The van der Waals surface area contributed by atoms with E-state index in [9.17, 15) is 4.79 Å². The molecule has 0 fully saturated rings. The van der Waals surface area contributed by atoms with Crippen molar-refractivity contribution in [1.29, 1.82) is 0 Å². The number of hydrogen-bond donors (Lipinski definition) is 3. The van der Waals surface area contributed by atoms with Crippen LogP contribution in [0, 0.1) is 0 Å². The van der Waals surface area contributed by atoms with Gasteiger partial charge in [-0.25, -0.2) is 0 Å². The predicted molar refractivity (Wildman–Crippen MR) is 50.4 cm³/mol. The molecule has 0 saturated carbocycles. The average Bonchev–Trinajstić information content (AvgIpc) is 2.16. The van der Waals surface area contributed by atoms with Crippen LogP contribution in [0.15, 0.2) is 24.8 Å². The summed E-state index contributed by atoms with van der Waals surface area (Å²) in [6.07, 6.45) is 2.00. The molecule has 0 aliphatic rings. The molecule has 0 radical (unpaired) electrons. The lowest BCUT2D eigenvalue weighted by Crippen LogP contribution is -1.95. The summed E-state index contributed by atoms with van der Waals surface area (Å²) in [6, 6.07) is 2.41. The van der Waals surface area contributed by atoms with Crippen molar-refractivity contribution in [1.82, 2.24) is 0 Å². The van der Waals surface area contributed by atoms with Crippen LogP contribution < -0.4 is 0 Å². The van der Waals surface area contributed by atoms with Gasteiger partial charge in [-0.15, -0.1) is 6.58 Å². The molecule has 1 aromatic rings. The summed E-state index contributed by atoms with van der Waals surface area (Å²) in [5.74, 6) is -2.13. The van der Waals surface area contributed by atoms with Gasteiger partial charge in [-0.2, -0.15) is 0 Å². The highest BCUT2D eigenvalue weighted by molar-refractivity contribution is 5.67. The summed E-state index contributed by atoms with van der Waals surface area (Å²) >= 11 is 0. The maximum absolute atomic E-state index is 10.5. The first kappa shape index (κ1) is 10.1. The molecule has 74 valence electrons. The fourth-order valence-electron chi connectivity index (χ4n) is 1.09. The number of carbonyl (C=O) groups is 1. The van der Waals surface area contributed by atoms with Crippen molar-refractivity contribution in [3.8, 4) is 17.2 Å². The Balaban J connectivity index is 3.23. The van der Waals surface area contributed by atoms with Gasteiger partial charge in [0, 0.05) is 0 Å². The van der Waals surface area contributed by atoms with Crippen molar-refractivity contribution >= 4 is 6.29 Å². The molecular formula is C10H10O4. The number of carbonyl (C=O) groups excluding carboxylic acids is 1. The Morgan fingerprint density at radius 2 is 1.71 bits per heavy atom. The second-order valence-electron chi connectivity index (χ2n) is 2.81. The standard InChI is InChI=1S/C10H10O4/c1-2-6(5-11)7-3-8(12)10(14)9(13)4-7/h2-6,12-14H,1H2. The normalized spacial score (nSPS) is 12.0. The van der Waals surface area contributed by atoms with E-state index in [1.54, 1.807) is 0 Å². The third-order valence-electron chi connectivity index (χ3n) is 1.88. The van der Waals surface area contributed by atoms with Gasteiger partial charge in [0.15, 0.2) is 17.2 Å². The predicted octanol–water partition coefficient (Wildman–Crippen LogP) is 1.27. The summed E-state index contributed by atoms with van der Waals surface area (Å²) in [6.45, 7) is 3.43. The first-order chi connectivity index (χ1) is 6.60. The maximum Gasteiger partial charge on any atom is 0.200 e. The summed E-state index contributed by atoms with van der Waals surface area (Å²) in [5.41, 5.74) is 0.378. The van der Waals surface area contributed by atoms with E-state index in [1.165, 1.54) is 18.2 Å². The zero-order valence-corrected chi connectivity index (χ0v) is 7.34. The number of aromatic hydroxyl groups is 3. The van der Waals surface area contributed by atoms with Crippen molar-refractivity contribution in [2.24, 2.45) is 0 Å². The zero-order valence-electron chi connectivity index (χ0n) is 7.34. The van der Waals surface area contributed by atoms with Gasteiger partial charge in [0.2, 0.25) is 0 Å². The molecule has 1 aromatic carbocycles. The van der Waals surface area contributed by atoms with E-state index < -0.39 is 23.2 Å². The topological polar surface area (TPSA) is 77.8 Å². The minimum absolute atomic E-state index is 0.378. The Bertz CT molecular complexity index is 339. The van der Waals surface area contributed by atoms with Gasteiger partial charge in [-0.05, 0) is 17.7 Å². The Kier molecular flexibility index (Phi) is 2.76. The summed E-state index contributed by atoms with van der Waals surface area (Å²) < 4.78 is 0. The van der Waals surface area contributed by atoms with E-state index in [0.717, 1.165) is 0 Å². The lowest BCUT2D eigenvalue weighted by atomic mass is 10.00. The van der Waals surface area contributed by atoms with Crippen LogP contribution in [0.25, 0.3) is 0 Å². The Morgan fingerprint density at radius 3 is 2.07 bits per heavy atom. The number of hydrogen-bond acceptors (Lipinski definition) is 4. The number of phenols is 3. The van der Waals surface area contributed by atoms with E-state index in [0.29, 0.717) is 11.8 Å². The molecule has 0 bridgehead atoms. The molecule has 0 heterocycles. The molecule has 1 atom stereocenters. The van der Waals surface area contributed by atoms with E-state index >= 15 is 0 Å². The second-order valence-corrected chi connectivity index (χ2v) is 2.81. The van der Waals surface area contributed by atoms with Gasteiger partial charge in [0.25, 0.3) is 0 Å². The Morgan fingerprint density at radius 1 is 1.21 bits per heavy atom. The van der Waals surface area contributed by atoms with Gasteiger partial charge in [-0.3, -0.25) is 0 Å². The fraction of sp³-hybridized carbons (Fsp3) is 0.100. The molecule has 0 aliphatic carbocycles. The van der Waals surface area contributed by atoms with Crippen molar-refractivity contribution in [3.63, 3.8) is 0 Å². The minimum atomic E-state index is -0.604. The monoisotopic (exact) mass is 194 g/mol. The van der Waals surface area contributed by atoms with Crippen LogP contribution in [0.1, 0.15) is 11.5 Å². The van der Waals surface area contributed by atoms with E-state index in [1.807, 2.05) is 0 Å². The first-order valence-electron chi connectivity index (χ1n) is 3.92. The number of aldehydes is 1. The van der Waals surface area contributed by atoms with Crippen molar-refractivity contribution < 1.29 is 20.1 Å². The zero-order chi connectivity index (χ0) is 10.7. The van der Waals surface area contributed by atoms with E-state index in [-0.39, 0.29) is 0 Å². The minimum Gasteiger partial charge on any atom is -0.504 e. The van der Waals surface area contributed by atoms with Crippen LogP contribution in [0.3, 0.4) is 0 Å². The van der Waals surface area contributed by atoms with Gasteiger partial charge in [0.05, 0.1) is 5.92 Å². The smallest absolute Gasteiger partial charge is 0.200 e. The van der Waals surface area contributed by atoms with Crippen molar-refractivity contribution in [2.45, 2.75) is 5.92 Å². The quantitative estimate of drug-likeness (QED) is 0.384. The van der Waals surface area contributed by atoms with Gasteiger partial charge in [0.1, 0.15) is 6.29 Å². The molecule has 14 heavy (non-hydrogen) atoms. The highest BCUT2D eigenvalue weighted by Crippen LogP contribution is 2.37. The number of allylic oxidation sites excluding steroid dienone is 1. The van der Waals surface area contributed by atoms with E-state index in [4.69, 9.17) is 15.3 Å². The van der Waals surface area contributed by atoms with Crippen LogP contribution >= 0.6 is 0 Å². The van der Waals surface area contributed by atoms with Crippen LogP contribution in [0.4, 0.5) is 0 Å². The summed E-state index contributed by atoms with van der Waals surface area (Å²) in [4.78, 5) is 10.5. The largest absolute Gasteiger partial charge is 0.504 e. The second kappa shape index (κ2) is 3.83. The van der Waals surface area contributed by atoms with E-state index in [2.05, 4.69) is 6.58 Å². The van der Waals surface area contributed by atoms with Crippen molar-refractivity contribution in [3.05, 3.63) is 30.4 Å². The third-order valence-corrected chi connectivity index (χ3v) is 1.88. The maximum atomic E-state index is 10.5. The molecule has 4 nitrogen and oxygen atoms in total. The Labute approximate surface area is 80.7 Å². The molecule has 0 saturated heterocycles. The lowest BCUT2D eigenvalue weighted by molar-refractivity contribution is -0.108. The highest BCUT2D eigenvalue weighted by Gasteiger charge is 2.12. The number of phenolic OH excluding ortho intramolecular Hbond substituents is 3. The van der Waals surface area contributed by atoms with Gasteiger partial charge in [-0.1, -0.05) is 6.08 Å². The van der Waals surface area contributed by atoms with Gasteiger partial charge >= 0.3 is 0 Å². The van der Waals surface area contributed by atoms with Crippen LogP contribution in [0.2, 0.25) is 0 Å². The summed E-state index contributed by atoms with van der Waals surface area (Å²) in [7, 11) is 0. The first-order valence-corrected chi connectivity index (χ1v) is 3.92. The molecule has 0 aliphatic heterocycles. The highest BCUT2D eigenvalue weighted by atomic mass is 16.3. The molecule has 0 aromatic heterocycles. The molecule has 0 amide bonds. The molecule has 3 N–H and O–H groups in total. The summed E-state index contributed by atoms with van der Waals surface area (Å²) in [5, 5.41) is 27.4.